The summed E-state index contributed by atoms with van der Waals surface area (Å²) < 4.78 is 54.0. The number of rotatable bonds is 5. The molecule has 1 aliphatic heterocycles. The SMILES string of the molecule is Cl.NC1CCN(C(=O)c2ccc(OCC(F)(F)C(F)F)nc2)CC1. The normalized spacial score (nSPS) is 16.0. The third-order valence-electron chi connectivity index (χ3n) is 3.54. The van der Waals surface area contributed by atoms with Gasteiger partial charge in [0, 0.05) is 31.4 Å². The summed E-state index contributed by atoms with van der Waals surface area (Å²) in [6.45, 7) is -0.396. The van der Waals surface area contributed by atoms with Gasteiger partial charge in [0.2, 0.25) is 5.88 Å². The summed E-state index contributed by atoms with van der Waals surface area (Å²) in [5.74, 6) is -4.74. The number of alkyl halides is 4. The molecule has 0 atom stereocenters. The number of halogens is 5. The van der Waals surface area contributed by atoms with E-state index < -0.39 is 19.0 Å². The van der Waals surface area contributed by atoms with Gasteiger partial charge in [0.15, 0.2) is 6.61 Å². The smallest absolute Gasteiger partial charge is 0.340 e. The number of likely N-dealkylation sites (tertiary alicyclic amines) is 1. The Labute approximate surface area is 142 Å². The zero-order valence-corrected chi connectivity index (χ0v) is 13.4. The average Bonchev–Trinajstić information content (AvgIpc) is 2.53. The van der Waals surface area contributed by atoms with Crippen LogP contribution in [0.3, 0.4) is 0 Å². The summed E-state index contributed by atoms with van der Waals surface area (Å²) in [6.07, 6.45) is -1.22. The molecule has 1 amide bonds. The van der Waals surface area contributed by atoms with Crippen LogP contribution in [0.4, 0.5) is 17.6 Å². The Morgan fingerprint density at radius 3 is 2.50 bits per heavy atom. The van der Waals surface area contributed by atoms with Gasteiger partial charge < -0.3 is 15.4 Å². The fourth-order valence-electron chi connectivity index (χ4n) is 2.11. The van der Waals surface area contributed by atoms with Crippen LogP contribution in [0, 0.1) is 0 Å². The summed E-state index contributed by atoms with van der Waals surface area (Å²) in [5, 5.41) is 0. The van der Waals surface area contributed by atoms with Crippen LogP contribution in [-0.2, 0) is 0 Å². The van der Waals surface area contributed by atoms with Gasteiger partial charge in [0.1, 0.15) is 0 Å². The highest BCUT2D eigenvalue weighted by molar-refractivity contribution is 5.94. The highest BCUT2D eigenvalue weighted by Gasteiger charge is 2.41. The predicted molar refractivity (Wildman–Crippen MR) is 81.0 cm³/mol. The zero-order chi connectivity index (χ0) is 17.0. The molecule has 0 unspecified atom stereocenters. The van der Waals surface area contributed by atoms with Gasteiger partial charge in [-0.15, -0.1) is 12.4 Å². The topological polar surface area (TPSA) is 68.5 Å². The number of carbonyl (C=O) groups is 1. The minimum absolute atomic E-state index is 0. The van der Waals surface area contributed by atoms with Crippen LogP contribution in [0.1, 0.15) is 23.2 Å². The number of hydrogen-bond donors (Lipinski definition) is 1. The van der Waals surface area contributed by atoms with Crippen LogP contribution >= 0.6 is 12.4 Å². The van der Waals surface area contributed by atoms with E-state index in [1.165, 1.54) is 18.3 Å². The van der Waals surface area contributed by atoms with Crippen molar-refractivity contribution in [3.05, 3.63) is 23.9 Å². The summed E-state index contributed by atoms with van der Waals surface area (Å²) in [6, 6.07) is 2.65. The Morgan fingerprint density at radius 1 is 1.38 bits per heavy atom. The number of aromatic nitrogens is 1. The lowest BCUT2D eigenvalue weighted by Crippen LogP contribution is -2.42. The van der Waals surface area contributed by atoms with Crippen LogP contribution in [0.5, 0.6) is 5.88 Å². The van der Waals surface area contributed by atoms with Gasteiger partial charge in [-0.2, -0.15) is 8.78 Å². The Balaban J connectivity index is 0.00000288. The number of nitrogens with two attached hydrogens (primary N) is 1. The molecular formula is C14H18ClF4N3O2. The molecule has 1 aromatic rings. The number of amides is 1. The molecule has 5 nitrogen and oxygen atoms in total. The van der Waals surface area contributed by atoms with Crippen molar-refractivity contribution in [3.8, 4) is 5.88 Å². The number of nitrogens with zero attached hydrogens (tertiary/aromatic N) is 2. The van der Waals surface area contributed by atoms with E-state index in [0.717, 1.165) is 0 Å². The van der Waals surface area contributed by atoms with E-state index in [-0.39, 0.29) is 35.8 Å². The molecule has 1 aromatic heterocycles. The van der Waals surface area contributed by atoms with Crippen molar-refractivity contribution >= 4 is 18.3 Å². The molecule has 2 rings (SSSR count). The molecule has 0 bridgehead atoms. The second kappa shape index (κ2) is 8.48. The van der Waals surface area contributed by atoms with Gasteiger partial charge >= 0.3 is 12.3 Å². The van der Waals surface area contributed by atoms with E-state index in [0.29, 0.717) is 25.9 Å². The Hall–Kier alpha value is -1.61. The molecule has 0 radical (unpaired) electrons. The molecule has 24 heavy (non-hydrogen) atoms. The first kappa shape index (κ1) is 20.4. The van der Waals surface area contributed by atoms with Crippen LogP contribution < -0.4 is 10.5 Å². The predicted octanol–water partition coefficient (Wildman–Crippen LogP) is 2.35. The van der Waals surface area contributed by atoms with Crippen molar-refractivity contribution in [3.63, 3.8) is 0 Å². The standard InChI is InChI=1S/C14H17F4N3O2.ClH/c15-13(16)14(17,18)8-23-11-2-1-9(7-20-11)12(22)21-5-3-10(19)4-6-21;/h1-2,7,10,13H,3-6,8,19H2;1H. The van der Waals surface area contributed by atoms with Crippen molar-refractivity contribution in [2.24, 2.45) is 5.73 Å². The van der Waals surface area contributed by atoms with Gasteiger partial charge in [0.05, 0.1) is 5.56 Å². The lowest BCUT2D eigenvalue weighted by molar-refractivity contribution is -0.148. The van der Waals surface area contributed by atoms with Gasteiger partial charge in [-0.1, -0.05) is 0 Å². The van der Waals surface area contributed by atoms with Gasteiger partial charge in [-0.3, -0.25) is 4.79 Å². The lowest BCUT2D eigenvalue weighted by Gasteiger charge is -2.30. The molecule has 1 aliphatic rings. The molecule has 1 saturated heterocycles. The fraction of sp³-hybridized carbons (Fsp3) is 0.571. The maximum absolute atomic E-state index is 12.7. The molecule has 0 spiro atoms. The number of ether oxygens (including phenoxy) is 1. The maximum atomic E-state index is 12.7. The first-order chi connectivity index (χ1) is 10.8. The van der Waals surface area contributed by atoms with Crippen LogP contribution in [0.15, 0.2) is 18.3 Å². The summed E-state index contributed by atoms with van der Waals surface area (Å²) >= 11 is 0. The van der Waals surface area contributed by atoms with E-state index in [1.807, 2.05) is 0 Å². The first-order valence-corrected chi connectivity index (χ1v) is 7.09. The molecule has 136 valence electrons. The number of carbonyl (C=O) groups excluding carboxylic acids is 1. The minimum Gasteiger partial charge on any atom is -0.471 e. The lowest BCUT2D eigenvalue weighted by atomic mass is 10.1. The number of pyridine rings is 1. The van der Waals surface area contributed by atoms with E-state index >= 15 is 0 Å². The third kappa shape index (κ3) is 5.20. The minimum atomic E-state index is -4.25. The van der Waals surface area contributed by atoms with E-state index in [1.54, 1.807) is 4.90 Å². The molecule has 1 fully saturated rings. The van der Waals surface area contributed by atoms with E-state index in [4.69, 9.17) is 5.73 Å². The molecule has 0 aliphatic carbocycles. The van der Waals surface area contributed by atoms with E-state index in [9.17, 15) is 22.4 Å². The number of hydrogen-bond acceptors (Lipinski definition) is 4. The van der Waals surface area contributed by atoms with Crippen molar-refractivity contribution in [2.75, 3.05) is 19.7 Å². The Bertz CT molecular complexity index is 537. The largest absolute Gasteiger partial charge is 0.471 e. The Morgan fingerprint density at radius 2 is 2.00 bits per heavy atom. The van der Waals surface area contributed by atoms with Gasteiger partial charge in [-0.05, 0) is 18.9 Å². The highest BCUT2D eigenvalue weighted by Crippen LogP contribution is 2.23. The monoisotopic (exact) mass is 371 g/mol. The van der Waals surface area contributed by atoms with Crippen molar-refractivity contribution in [1.82, 2.24) is 9.88 Å². The average molecular weight is 372 g/mol. The van der Waals surface area contributed by atoms with Crippen molar-refractivity contribution in [2.45, 2.75) is 31.2 Å². The molecule has 0 aromatic carbocycles. The summed E-state index contributed by atoms with van der Waals surface area (Å²) in [7, 11) is 0. The molecular weight excluding hydrogens is 354 g/mol. The fourth-order valence-corrected chi connectivity index (χ4v) is 2.11. The molecule has 10 heteroatoms. The van der Waals surface area contributed by atoms with Crippen molar-refractivity contribution < 1.29 is 27.1 Å². The third-order valence-corrected chi connectivity index (χ3v) is 3.54. The molecule has 2 N–H and O–H groups in total. The molecule has 2 heterocycles. The van der Waals surface area contributed by atoms with E-state index in [2.05, 4.69) is 9.72 Å². The highest BCUT2D eigenvalue weighted by atomic mass is 35.5. The van der Waals surface area contributed by atoms with Crippen molar-refractivity contribution in [1.29, 1.82) is 0 Å². The van der Waals surface area contributed by atoms with Crippen LogP contribution in [0.25, 0.3) is 0 Å². The zero-order valence-electron chi connectivity index (χ0n) is 12.6. The number of piperidine rings is 1. The Kier molecular flexibility index (Phi) is 7.22. The first-order valence-electron chi connectivity index (χ1n) is 7.09. The maximum Gasteiger partial charge on any atom is 0.340 e. The second-order valence-electron chi connectivity index (χ2n) is 5.37. The van der Waals surface area contributed by atoms with Gasteiger partial charge in [0.25, 0.3) is 5.91 Å². The molecule has 0 saturated carbocycles. The van der Waals surface area contributed by atoms with Crippen LogP contribution in [-0.4, -0.2) is 53.9 Å². The quantitative estimate of drug-likeness (QED) is 0.807. The summed E-state index contributed by atoms with van der Waals surface area (Å²) in [4.78, 5) is 17.5. The second-order valence-corrected chi connectivity index (χ2v) is 5.37. The van der Waals surface area contributed by atoms with Gasteiger partial charge in [-0.25, -0.2) is 13.8 Å². The van der Waals surface area contributed by atoms with Crippen LogP contribution in [0.2, 0.25) is 0 Å². The summed E-state index contributed by atoms with van der Waals surface area (Å²) in [5.41, 5.74) is 6.04.